The highest BCUT2D eigenvalue weighted by Crippen LogP contribution is 2.30. The van der Waals surface area contributed by atoms with E-state index in [4.69, 9.17) is 20.8 Å². The summed E-state index contributed by atoms with van der Waals surface area (Å²) in [7, 11) is 1.64. The minimum Gasteiger partial charge on any atom is -0.497 e. The summed E-state index contributed by atoms with van der Waals surface area (Å²) in [6.07, 6.45) is 1.95. The molecule has 0 saturated carbocycles. The van der Waals surface area contributed by atoms with Crippen molar-refractivity contribution in [2.24, 2.45) is 0 Å². The van der Waals surface area contributed by atoms with Crippen LogP contribution in [0.4, 0.5) is 0 Å². The first-order chi connectivity index (χ1) is 15.5. The summed E-state index contributed by atoms with van der Waals surface area (Å²) in [5.74, 6) is 3.94. The molecule has 7 heteroatoms. The van der Waals surface area contributed by atoms with Crippen LogP contribution in [-0.4, -0.2) is 41.7 Å². The average Bonchev–Trinajstić information content (AvgIpc) is 3.19. The van der Waals surface area contributed by atoms with E-state index in [9.17, 15) is 4.79 Å². The van der Waals surface area contributed by atoms with Crippen LogP contribution < -0.4 is 4.74 Å². The number of ether oxygens (including phenoxy) is 1. The molecule has 1 aromatic heterocycles. The zero-order chi connectivity index (χ0) is 22.5. The molecular formula is C25H27ClN2O3S. The summed E-state index contributed by atoms with van der Waals surface area (Å²) < 4.78 is 11.0. The molecule has 0 aliphatic carbocycles. The Morgan fingerprint density at radius 2 is 1.97 bits per heavy atom. The summed E-state index contributed by atoms with van der Waals surface area (Å²) in [6.45, 7) is 3.50. The number of methoxy groups -OCH3 is 1. The first-order valence-electron chi connectivity index (χ1n) is 10.7. The molecule has 0 unspecified atom stereocenters. The number of aryl methyl sites for hydroxylation is 1. The first kappa shape index (κ1) is 22.7. The molecule has 1 fully saturated rings. The number of benzene rings is 2. The minimum absolute atomic E-state index is 0.191. The van der Waals surface area contributed by atoms with Gasteiger partial charge in [0.1, 0.15) is 11.5 Å². The Kier molecular flexibility index (Phi) is 7.43. The van der Waals surface area contributed by atoms with Gasteiger partial charge >= 0.3 is 0 Å². The van der Waals surface area contributed by atoms with E-state index in [2.05, 4.69) is 11.1 Å². The molecule has 0 atom stereocenters. The van der Waals surface area contributed by atoms with E-state index in [0.717, 1.165) is 53.7 Å². The molecule has 2 aromatic carbocycles. The minimum atomic E-state index is 0.191. The summed E-state index contributed by atoms with van der Waals surface area (Å²) in [5, 5.41) is 0.774. The predicted octanol–water partition coefficient (Wildman–Crippen LogP) is 5.95. The molecule has 0 radical (unpaired) electrons. The lowest BCUT2D eigenvalue weighted by atomic mass is 9.89. The van der Waals surface area contributed by atoms with Gasteiger partial charge in [-0.1, -0.05) is 23.7 Å². The number of hydrogen-bond acceptors (Lipinski definition) is 5. The van der Waals surface area contributed by atoms with Crippen LogP contribution >= 0.6 is 23.4 Å². The summed E-state index contributed by atoms with van der Waals surface area (Å²) >= 11 is 7.71. The second kappa shape index (κ2) is 10.5. The standard InChI is InChI=1S/C25H27ClN2O3S/c1-17-23(27-25(31-17)19-6-8-22(30-2)9-7-19)15-32-16-24(29)28-12-10-18(11-13-28)20-4-3-5-21(26)14-20/h3-9,14,18H,10-13,15-16H2,1-2H3. The molecule has 1 saturated heterocycles. The summed E-state index contributed by atoms with van der Waals surface area (Å²) in [5.41, 5.74) is 3.06. The van der Waals surface area contributed by atoms with Crippen LogP contribution in [-0.2, 0) is 10.5 Å². The van der Waals surface area contributed by atoms with Gasteiger partial charge in [-0.2, -0.15) is 0 Å². The van der Waals surface area contributed by atoms with Crippen LogP contribution in [0.5, 0.6) is 5.75 Å². The Labute approximate surface area is 198 Å². The monoisotopic (exact) mass is 470 g/mol. The van der Waals surface area contributed by atoms with E-state index in [1.54, 1.807) is 18.9 Å². The number of likely N-dealkylation sites (tertiary alicyclic amines) is 1. The Morgan fingerprint density at radius 3 is 2.66 bits per heavy atom. The fraction of sp³-hybridized carbons (Fsp3) is 0.360. The molecule has 5 nitrogen and oxygen atoms in total. The largest absolute Gasteiger partial charge is 0.497 e. The molecule has 0 spiro atoms. The molecule has 0 bridgehead atoms. The van der Waals surface area contributed by atoms with Gasteiger partial charge in [0.25, 0.3) is 0 Å². The van der Waals surface area contributed by atoms with Gasteiger partial charge < -0.3 is 14.1 Å². The lowest BCUT2D eigenvalue weighted by Crippen LogP contribution is -2.38. The maximum atomic E-state index is 12.7. The van der Waals surface area contributed by atoms with Crippen LogP contribution in [0.25, 0.3) is 11.5 Å². The number of nitrogens with zero attached hydrogens (tertiary/aromatic N) is 2. The van der Waals surface area contributed by atoms with Crippen LogP contribution in [0.2, 0.25) is 5.02 Å². The number of carbonyl (C=O) groups excluding carboxylic acids is 1. The number of oxazole rings is 1. The lowest BCUT2D eigenvalue weighted by Gasteiger charge is -2.32. The van der Waals surface area contributed by atoms with Crippen molar-refractivity contribution >= 4 is 29.3 Å². The summed E-state index contributed by atoms with van der Waals surface area (Å²) in [6, 6.07) is 15.7. The Hall–Kier alpha value is -2.44. The van der Waals surface area contributed by atoms with Gasteiger partial charge in [0, 0.05) is 29.4 Å². The zero-order valence-electron chi connectivity index (χ0n) is 18.3. The second-order valence-electron chi connectivity index (χ2n) is 7.95. The van der Waals surface area contributed by atoms with Crippen LogP contribution in [0.3, 0.4) is 0 Å². The number of hydrogen-bond donors (Lipinski definition) is 0. The second-order valence-corrected chi connectivity index (χ2v) is 9.38. The molecule has 0 N–H and O–H groups in total. The lowest BCUT2D eigenvalue weighted by molar-refractivity contribution is -0.129. The topological polar surface area (TPSA) is 55.6 Å². The number of aromatic nitrogens is 1. The maximum absolute atomic E-state index is 12.7. The highest BCUT2D eigenvalue weighted by molar-refractivity contribution is 7.99. The molecular weight excluding hydrogens is 444 g/mol. The number of thioether (sulfide) groups is 1. The molecule has 32 heavy (non-hydrogen) atoms. The number of halogens is 1. The van der Waals surface area contributed by atoms with E-state index >= 15 is 0 Å². The van der Waals surface area contributed by atoms with Crippen LogP contribution in [0.15, 0.2) is 52.9 Å². The Morgan fingerprint density at radius 1 is 1.22 bits per heavy atom. The molecule has 2 heterocycles. The molecule has 4 rings (SSSR count). The Balaban J connectivity index is 1.26. The van der Waals surface area contributed by atoms with Crippen molar-refractivity contribution in [2.75, 3.05) is 26.0 Å². The van der Waals surface area contributed by atoms with Crippen molar-refractivity contribution < 1.29 is 13.9 Å². The van der Waals surface area contributed by atoms with Gasteiger partial charge in [-0.05, 0) is 67.6 Å². The number of rotatable bonds is 7. The fourth-order valence-corrected chi connectivity index (χ4v) is 5.09. The SMILES string of the molecule is COc1ccc(-c2nc(CSCC(=O)N3CCC(c4cccc(Cl)c4)CC3)c(C)o2)cc1. The quantitative estimate of drug-likeness (QED) is 0.427. The van der Waals surface area contributed by atoms with Crippen molar-refractivity contribution in [2.45, 2.75) is 31.4 Å². The van der Waals surface area contributed by atoms with E-state index in [1.807, 2.05) is 54.3 Å². The van der Waals surface area contributed by atoms with E-state index in [-0.39, 0.29) is 5.91 Å². The molecule has 1 aliphatic heterocycles. The van der Waals surface area contributed by atoms with Crippen molar-refractivity contribution in [3.63, 3.8) is 0 Å². The van der Waals surface area contributed by atoms with Gasteiger partial charge in [-0.3, -0.25) is 4.79 Å². The molecule has 1 aliphatic rings. The number of amides is 1. The third-order valence-electron chi connectivity index (χ3n) is 5.86. The first-order valence-corrected chi connectivity index (χ1v) is 12.3. The third-order valence-corrected chi connectivity index (χ3v) is 7.03. The predicted molar refractivity (Wildman–Crippen MR) is 129 cm³/mol. The molecule has 168 valence electrons. The van der Waals surface area contributed by atoms with E-state index in [0.29, 0.717) is 23.3 Å². The maximum Gasteiger partial charge on any atom is 0.232 e. The van der Waals surface area contributed by atoms with E-state index < -0.39 is 0 Å². The average molecular weight is 471 g/mol. The fourth-order valence-electron chi connectivity index (χ4n) is 3.97. The summed E-state index contributed by atoms with van der Waals surface area (Å²) in [4.78, 5) is 19.3. The highest BCUT2D eigenvalue weighted by Gasteiger charge is 2.24. The van der Waals surface area contributed by atoms with Gasteiger partial charge in [-0.25, -0.2) is 4.98 Å². The molecule has 1 amide bonds. The van der Waals surface area contributed by atoms with Crippen LogP contribution in [0.1, 0.15) is 35.8 Å². The number of piperidine rings is 1. The Bertz CT molecular complexity index is 1060. The van der Waals surface area contributed by atoms with Crippen LogP contribution in [0, 0.1) is 6.92 Å². The number of carbonyl (C=O) groups is 1. The van der Waals surface area contributed by atoms with Crippen molar-refractivity contribution in [3.8, 4) is 17.2 Å². The van der Waals surface area contributed by atoms with Crippen molar-refractivity contribution in [1.82, 2.24) is 9.88 Å². The normalized spacial score (nSPS) is 14.5. The third kappa shape index (κ3) is 5.48. The van der Waals surface area contributed by atoms with Gasteiger partial charge in [0.15, 0.2) is 0 Å². The van der Waals surface area contributed by atoms with Gasteiger partial charge in [0.2, 0.25) is 11.8 Å². The molecule has 3 aromatic rings. The van der Waals surface area contributed by atoms with E-state index in [1.165, 1.54) is 5.56 Å². The van der Waals surface area contributed by atoms with Gasteiger partial charge in [0.05, 0.1) is 18.6 Å². The highest BCUT2D eigenvalue weighted by atomic mass is 35.5. The van der Waals surface area contributed by atoms with Crippen molar-refractivity contribution in [1.29, 1.82) is 0 Å². The smallest absolute Gasteiger partial charge is 0.232 e. The zero-order valence-corrected chi connectivity index (χ0v) is 19.9. The van der Waals surface area contributed by atoms with Crippen molar-refractivity contribution in [3.05, 3.63) is 70.6 Å². The van der Waals surface area contributed by atoms with Gasteiger partial charge in [-0.15, -0.1) is 11.8 Å².